The number of amides is 1. The summed E-state index contributed by atoms with van der Waals surface area (Å²) in [6.07, 6.45) is -2.74. The van der Waals surface area contributed by atoms with Crippen molar-refractivity contribution < 1.29 is 24.1 Å². The lowest BCUT2D eigenvalue weighted by Gasteiger charge is -2.34. The van der Waals surface area contributed by atoms with Crippen LogP contribution in [0.3, 0.4) is 0 Å². The molecule has 1 aliphatic rings. The van der Waals surface area contributed by atoms with Crippen LogP contribution < -0.4 is 5.62 Å². The number of rotatable bonds is 4. The fourth-order valence-corrected chi connectivity index (χ4v) is 4.45. The number of H-pyrrole nitrogens is 1. The van der Waals surface area contributed by atoms with Gasteiger partial charge < -0.3 is 14.2 Å². The van der Waals surface area contributed by atoms with Gasteiger partial charge in [-0.05, 0) is 52.3 Å². The van der Waals surface area contributed by atoms with E-state index in [9.17, 15) is 18.0 Å². The molecule has 4 aromatic heterocycles. The van der Waals surface area contributed by atoms with Crippen LogP contribution in [0.15, 0.2) is 35.6 Å². The molecule has 0 spiro atoms. The van der Waals surface area contributed by atoms with E-state index in [1.165, 1.54) is 9.47 Å². The number of ether oxygens (including phenoxy) is 1. The first-order valence-electron chi connectivity index (χ1n) is 12.8. The maximum Gasteiger partial charge on any atom is 0.410 e. The Morgan fingerprint density at radius 3 is 2.82 bits per heavy atom. The van der Waals surface area contributed by atoms with Crippen molar-refractivity contribution in [1.82, 2.24) is 34.0 Å². The first-order valence-corrected chi connectivity index (χ1v) is 12.3. The molecule has 0 aliphatic carbocycles. The fourth-order valence-electron chi connectivity index (χ4n) is 4.45. The summed E-state index contributed by atoms with van der Waals surface area (Å²) >= 11 is 0. The predicted molar refractivity (Wildman–Crippen MR) is 133 cm³/mol. The van der Waals surface area contributed by atoms with Gasteiger partial charge in [0.15, 0.2) is 5.65 Å². The predicted octanol–water partition coefficient (Wildman–Crippen LogP) is 3.90. The molecule has 2 atom stereocenters. The Morgan fingerprint density at radius 1 is 1.32 bits per heavy atom. The topological polar surface area (TPSA) is 106 Å². The SMILES string of the molecule is [2H]c1nc(=N[C@H]2CCN(C(=O)OC(C)(C)C)C[C@H]2F)[nH]n2ccc(-c3ccc4nc(C)n(CC(F)F)c4n3)c12. The van der Waals surface area contributed by atoms with Crippen LogP contribution >= 0.6 is 0 Å². The zero-order valence-corrected chi connectivity index (χ0v) is 21.5. The lowest BCUT2D eigenvalue weighted by atomic mass is 10.0. The van der Waals surface area contributed by atoms with Crippen LogP contribution in [-0.2, 0) is 11.3 Å². The minimum absolute atomic E-state index is 0.0714. The summed E-state index contributed by atoms with van der Waals surface area (Å²) in [7, 11) is 0. The van der Waals surface area contributed by atoms with E-state index in [-0.39, 0.29) is 31.3 Å². The third-order valence-corrected chi connectivity index (χ3v) is 6.20. The zero-order chi connectivity index (χ0) is 28.1. The number of halogens is 3. The van der Waals surface area contributed by atoms with Crippen molar-refractivity contribution in [3.05, 3.63) is 42.0 Å². The number of aromatic amines is 1. The van der Waals surface area contributed by atoms with Crippen molar-refractivity contribution in [2.45, 2.75) is 64.9 Å². The number of hydrogen-bond donors (Lipinski definition) is 1. The summed E-state index contributed by atoms with van der Waals surface area (Å²) in [6, 6.07) is 4.38. The largest absolute Gasteiger partial charge is 0.444 e. The van der Waals surface area contributed by atoms with E-state index >= 15 is 0 Å². The first kappa shape index (κ1) is 24.4. The molecule has 1 N–H and O–H groups in total. The zero-order valence-electron chi connectivity index (χ0n) is 22.5. The molecule has 0 bridgehead atoms. The maximum atomic E-state index is 15.0. The van der Waals surface area contributed by atoms with E-state index in [0.717, 1.165) is 0 Å². The highest BCUT2D eigenvalue weighted by atomic mass is 19.3. The Morgan fingerprint density at radius 2 is 2.11 bits per heavy atom. The van der Waals surface area contributed by atoms with Gasteiger partial charge >= 0.3 is 6.09 Å². The van der Waals surface area contributed by atoms with E-state index in [1.807, 2.05) is 0 Å². The number of piperidine rings is 1. The van der Waals surface area contributed by atoms with Gasteiger partial charge in [0, 0.05) is 18.3 Å². The number of likely N-dealkylation sites (tertiary alicyclic amines) is 1. The van der Waals surface area contributed by atoms with Gasteiger partial charge in [-0.2, -0.15) is 0 Å². The number of aryl methyl sites for hydroxylation is 1. The molecular weight excluding hydrogens is 501 g/mol. The highest BCUT2D eigenvalue weighted by Gasteiger charge is 2.33. The van der Waals surface area contributed by atoms with Gasteiger partial charge in [-0.3, -0.25) is 9.61 Å². The van der Waals surface area contributed by atoms with Crippen molar-refractivity contribution in [3.8, 4) is 11.3 Å². The summed E-state index contributed by atoms with van der Waals surface area (Å²) in [4.78, 5) is 31.1. The van der Waals surface area contributed by atoms with E-state index < -0.39 is 36.9 Å². The summed E-state index contributed by atoms with van der Waals surface area (Å²) in [5.74, 6) is 0.433. The van der Waals surface area contributed by atoms with Gasteiger partial charge in [0.1, 0.15) is 23.1 Å². The van der Waals surface area contributed by atoms with E-state index in [1.54, 1.807) is 56.6 Å². The minimum atomic E-state index is -2.56. The summed E-state index contributed by atoms with van der Waals surface area (Å²) in [5, 5.41) is 2.97. The van der Waals surface area contributed by atoms with Crippen molar-refractivity contribution in [1.29, 1.82) is 0 Å². The molecule has 13 heteroatoms. The van der Waals surface area contributed by atoms with Crippen LogP contribution in [0.1, 0.15) is 34.4 Å². The van der Waals surface area contributed by atoms with Gasteiger partial charge in [-0.15, -0.1) is 0 Å². The van der Waals surface area contributed by atoms with Gasteiger partial charge in [0.05, 0.1) is 37.9 Å². The number of imidazole rings is 1. The summed E-state index contributed by atoms with van der Waals surface area (Å²) in [5.41, 5.74) is 1.64. The molecular formula is C25H29F3N8O2. The van der Waals surface area contributed by atoms with Crippen LogP contribution in [0.5, 0.6) is 0 Å². The van der Waals surface area contributed by atoms with Gasteiger partial charge in [0.2, 0.25) is 5.62 Å². The van der Waals surface area contributed by atoms with Gasteiger partial charge in [0.25, 0.3) is 6.43 Å². The number of nitrogens with zero attached hydrogens (tertiary/aromatic N) is 7. The number of carbonyl (C=O) groups excluding carboxylic acids is 1. The third kappa shape index (κ3) is 5.22. The lowest BCUT2D eigenvalue weighted by molar-refractivity contribution is 0.0115. The van der Waals surface area contributed by atoms with Crippen LogP contribution in [0.4, 0.5) is 18.0 Å². The standard InChI is InChI=1S/C25H29F3N8O2/c1-14-30-19-6-5-17(31-22(19)35(14)13-21(27)28)15-7-10-36-20(15)11-29-23(33-36)32-18-8-9-34(12-16(18)26)24(37)38-25(2,3)4/h5-7,10-11,16,18,21H,8-9,12-13H2,1-4H3,(H,32,33)/t16-,18+/m1/s1/i11D. The molecule has 5 rings (SSSR count). The molecule has 10 nitrogen and oxygen atoms in total. The van der Waals surface area contributed by atoms with Crippen LogP contribution in [0.2, 0.25) is 0 Å². The summed E-state index contributed by atoms with van der Waals surface area (Å²) in [6.45, 7) is 6.50. The van der Waals surface area contributed by atoms with Crippen molar-refractivity contribution >= 4 is 22.8 Å². The first-order chi connectivity index (χ1) is 18.4. The molecule has 1 fully saturated rings. The Kier molecular flexibility index (Phi) is 6.28. The number of fused-ring (bicyclic) bond motifs is 2. The summed E-state index contributed by atoms with van der Waals surface area (Å²) < 4.78 is 58.0. The number of carbonyl (C=O) groups is 1. The Hall–Kier alpha value is -3.90. The number of nitrogens with one attached hydrogen (secondary N) is 1. The average Bonchev–Trinajstić information content (AvgIpc) is 3.40. The molecule has 202 valence electrons. The Labute approximate surface area is 217 Å². The fraction of sp³-hybridized carbons (Fsp3) is 0.480. The lowest BCUT2D eigenvalue weighted by Crippen LogP contribution is -2.48. The van der Waals surface area contributed by atoms with Gasteiger partial charge in [-0.25, -0.2) is 37.9 Å². The smallest absolute Gasteiger partial charge is 0.410 e. The second-order valence-electron chi connectivity index (χ2n) is 10.2. The Balaban J connectivity index is 1.42. The average molecular weight is 532 g/mol. The van der Waals surface area contributed by atoms with E-state index in [4.69, 9.17) is 6.11 Å². The second kappa shape index (κ2) is 9.76. The minimum Gasteiger partial charge on any atom is -0.444 e. The number of aromatic nitrogens is 6. The third-order valence-electron chi connectivity index (χ3n) is 6.20. The molecule has 1 aliphatic heterocycles. The maximum absolute atomic E-state index is 15.0. The van der Waals surface area contributed by atoms with Crippen LogP contribution in [0.25, 0.3) is 27.9 Å². The highest BCUT2D eigenvalue weighted by Crippen LogP contribution is 2.26. The number of hydrogen-bond acceptors (Lipinski definition) is 6. The van der Waals surface area contributed by atoms with E-state index in [0.29, 0.717) is 33.8 Å². The monoisotopic (exact) mass is 531 g/mol. The molecule has 0 saturated carbocycles. The van der Waals surface area contributed by atoms with Crippen LogP contribution in [0, 0.1) is 6.92 Å². The van der Waals surface area contributed by atoms with Crippen LogP contribution in [-0.4, -0.2) is 77.5 Å². The Bertz CT molecular complexity index is 1610. The number of alkyl halides is 3. The molecule has 5 heterocycles. The van der Waals surface area contributed by atoms with Crippen molar-refractivity contribution in [2.75, 3.05) is 13.1 Å². The normalized spacial score (nSPS) is 19.5. The van der Waals surface area contributed by atoms with Gasteiger partial charge in [-0.1, -0.05) is 0 Å². The molecule has 0 aromatic carbocycles. The van der Waals surface area contributed by atoms with E-state index in [2.05, 4.69) is 25.0 Å². The highest BCUT2D eigenvalue weighted by molar-refractivity contribution is 5.82. The van der Waals surface area contributed by atoms with Crippen molar-refractivity contribution in [2.24, 2.45) is 4.99 Å². The second-order valence-corrected chi connectivity index (χ2v) is 10.2. The quantitative estimate of drug-likeness (QED) is 0.430. The molecule has 0 radical (unpaired) electrons. The molecule has 1 saturated heterocycles. The van der Waals surface area contributed by atoms with Crippen molar-refractivity contribution in [3.63, 3.8) is 0 Å². The number of pyridine rings is 1. The molecule has 0 unspecified atom stereocenters. The molecule has 1 amide bonds. The molecule has 4 aromatic rings. The molecule has 38 heavy (non-hydrogen) atoms.